The molecule has 0 saturated heterocycles. The van der Waals surface area contributed by atoms with Crippen LogP contribution in [0.2, 0.25) is 0 Å². The molecule has 0 radical (unpaired) electrons. The lowest BCUT2D eigenvalue weighted by Gasteiger charge is -2.22. The maximum absolute atomic E-state index is 13.3. The number of para-hydroxylation sites is 1. The molecule has 0 fully saturated rings. The first kappa shape index (κ1) is 15.3. The third kappa shape index (κ3) is 3.00. The number of methoxy groups -OCH3 is 2. The minimum Gasteiger partial charge on any atom is -0.493 e. The van der Waals surface area contributed by atoms with Crippen molar-refractivity contribution in [1.29, 1.82) is 0 Å². The molecule has 0 heterocycles. The Balaban J connectivity index is 2.56. The van der Waals surface area contributed by atoms with E-state index in [0.717, 1.165) is 16.7 Å². The summed E-state index contributed by atoms with van der Waals surface area (Å²) in [7, 11) is 5.09. The summed E-state index contributed by atoms with van der Waals surface area (Å²) in [5, 5.41) is 3.26. The van der Waals surface area contributed by atoms with E-state index in [-0.39, 0.29) is 11.9 Å². The zero-order valence-electron chi connectivity index (χ0n) is 12.7. The zero-order chi connectivity index (χ0) is 15.4. The van der Waals surface area contributed by atoms with Crippen molar-refractivity contribution < 1.29 is 13.9 Å². The van der Waals surface area contributed by atoms with Crippen LogP contribution in [-0.4, -0.2) is 21.3 Å². The van der Waals surface area contributed by atoms with Crippen LogP contribution in [0.1, 0.15) is 22.7 Å². The van der Waals surface area contributed by atoms with Gasteiger partial charge in [-0.1, -0.05) is 18.2 Å². The van der Waals surface area contributed by atoms with Crippen LogP contribution in [0.3, 0.4) is 0 Å². The summed E-state index contributed by atoms with van der Waals surface area (Å²) >= 11 is 0. The van der Waals surface area contributed by atoms with E-state index in [1.807, 2.05) is 32.2 Å². The summed E-state index contributed by atoms with van der Waals surface area (Å²) in [5.74, 6) is 1.13. The molecule has 2 rings (SSSR count). The molecule has 0 aliphatic carbocycles. The van der Waals surface area contributed by atoms with Crippen molar-refractivity contribution in [2.24, 2.45) is 0 Å². The van der Waals surface area contributed by atoms with Crippen LogP contribution in [0.15, 0.2) is 36.4 Å². The topological polar surface area (TPSA) is 30.5 Å². The van der Waals surface area contributed by atoms with Crippen molar-refractivity contribution in [1.82, 2.24) is 5.32 Å². The molecular formula is C17H20FNO2. The summed E-state index contributed by atoms with van der Waals surface area (Å²) in [6, 6.07) is 10.4. The van der Waals surface area contributed by atoms with Crippen molar-refractivity contribution in [2.45, 2.75) is 13.0 Å². The SMILES string of the molecule is CNC(c1ccc(F)cc1C)c1cccc(OC)c1OC. The predicted octanol–water partition coefficient (Wildman–Crippen LogP) is 3.46. The van der Waals surface area contributed by atoms with Gasteiger partial charge in [-0.2, -0.15) is 0 Å². The van der Waals surface area contributed by atoms with Gasteiger partial charge in [-0.05, 0) is 43.3 Å². The average molecular weight is 289 g/mol. The second-order valence-electron chi connectivity index (χ2n) is 4.81. The van der Waals surface area contributed by atoms with Gasteiger partial charge >= 0.3 is 0 Å². The normalized spacial score (nSPS) is 12.0. The number of hydrogen-bond donors (Lipinski definition) is 1. The molecule has 0 aliphatic rings. The van der Waals surface area contributed by atoms with E-state index in [0.29, 0.717) is 11.5 Å². The molecule has 0 amide bonds. The standard InChI is InChI=1S/C17H20FNO2/c1-11-10-12(18)8-9-13(11)16(19-2)14-6-5-7-15(20-3)17(14)21-4/h5-10,16,19H,1-4H3. The molecule has 2 aromatic rings. The highest BCUT2D eigenvalue weighted by atomic mass is 19.1. The molecule has 3 nitrogen and oxygen atoms in total. The first-order valence-electron chi connectivity index (χ1n) is 6.76. The van der Waals surface area contributed by atoms with E-state index < -0.39 is 0 Å². The minimum absolute atomic E-state index is 0.101. The van der Waals surface area contributed by atoms with Crippen LogP contribution >= 0.6 is 0 Å². The highest BCUT2D eigenvalue weighted by Gasteiger charge is 2.20. The van der Waals surface area contributed by atoms with E-state index in [1.165, 1.54) is 12.1 Å². The van der Waals surface area contributed by atoms with Gasteiger partial charge in [0, 0.05) is 5.56 Å². The minimum atomic E-state index is -0.233. The monoisotopic (exact) mass is 289 g/mol. The molecular weight excluding hydrogens is 269 g/mol. The van der Waals surface area contributed by atoms with E-state index in [2.05, 4.69) is 5.32 Å². The lowest BCUT2D eigenvalue weighted by molar-refractivity contribution is 0.349. The molecule has 21 heavy (non-hydrogen) atoms. The summed E-state index contributed by atoms with van der Waals surface area (Å²) in [6.07, 6.45) is 0. The van der Waals surface area contributed by atoms with E-state index in [1.54, 1.807) is 20.3 Å². The Morgan fingerprint density at radius 3 is 2.38 bits per heavy atom. The summed E-state index contributed by atoms with van der Waals surface area (Å²) in [4.78, 5) is 0. The van der Waals surface area contributed by atoms with Crippen LogP contribution in [0.4, 0.5) is 4.39 Å². The van der Waals surface area contributed by atoms with Crippen LogP contribution in [-0.2, 0) is 0 Å². The smallest absolute Gasteiger partial charge is 0.165 e. The quantitative estimate of drug-likeness (QED) is 0.914. The fourth-order valence-electron chi connectivity index (χ4n) is 2.58. The van der Waals surface area contributed by atoms with Gasteiger partial charge < -0.3 is 14.8 Å². The first-order chi connectivity index (χ1) is 10.1. The molecule has 4 heteroatoms. The summed E-state index contributed by atoms with van der Waals surface area (Å²) in [6.45, 7) is 1.90. The third-order valence-corrected chi connectivity index (χ3v) is 3.58. The second kappa shape index (κ2) is 6.59. The number of benzene rings is 2. The molecule has 0 aliphatic heterocycles. The Labute approximate surface area is 124 Å². The molecule has 1 unspecified atom stereocenters. The highest BCUT2D eigenvalue weighted by molar-refractivity contribution is 5.51. The largest absolute Gasteiger partial charge is 0.493 e. The van der Waals surface area contributed by atoms with E-state index in [4.69, 9.17) is 9.47 Å². The third-order valence-electron chi connectivity index (χ3n) is 3.58. The number of nitrogens with one attached hydrogen (secondary N) is 1. The van der Waals surface area contributed by atoms with Gasteiger partial charge in [0.25, 0.3) is 0 Å². The summed E-state index contributed by atoms with van der Waals surface area (Å²) in [5.41, 5.74) is 2.85. The van der Waals surface area contributed by atoms with Gasteiger partial charge in [0.15, 0.2) is 11.5 Å². The lowest BCUT2D eigenvalue weighted by atomic mass is 9.94. The Bertz CT molecular complexity index is 628. The van der Waals surface area contributed by atoms with Crippen molar-refractivity contribution in [3.8, 4) is 11.5 Å². The molecule has 2 aromatic carbocycles. The Kier molecular flexibility index (Phi) is 4.81. The molecule has 0 saturated carbocycles. The zero-order valence-corrected chi connectivity index (χ0v) is 12.7. The fourth-order valence-corrected chi connectivity index (χ4v) is 2.58. The molecule has 0 aromatic heterocycles. The van der Waals surface area contributed by atoms with Gasteiger partial charge in [0.1, 0.15) is 5.82 Å². The van der Waals surface area contributed by atoms with Crippen LogP contribution in [0.5, 0.6) is 11.5 Å². The van der Waals surface area contributed by atoms with Crippen molar-refractivity contribution >= 4 is 0 Å². The summed E-state index contributed by atoms with van der Waals surface area (Å²) < 4.78 is 24.2. The van der Waals surface area contributed by atoms with Crippen LogP contribution < -0.4 is 14.8 Å². The van der Waals surface area contributed by atoms with Crippen molar-refractivity contribution in [2.75, 3.05) is 21.3 Å². The average Bonchev–Trinajstić information content (AvgIpc) is 2.49. The number of hydrogen-bond acceptors (Lipinski definition) is 3. The first-order valence-corrected chi connectivity index (χ1v) is 6.76. The fraction of sp³-hybridized carbons (Fsp3) is 0.294. The Morgan fingerprint density at radius 1 is 1.05 bits per heavy atom. The molecule has 1 atom stereocenters. The maximum atomic E-state index is 13.3. The van der Waals surface area contributed by atoms with Gasteiger partial charge in [-0.15, -0.1) is 0 Å². The van der Waals surface area contributed by atoms with Gasteiger partial charge in [0.2, 0.25) is 0 Å². The highest BCUT2D eigenvalue weighted by Crippen LogP contribution is 2.37. The maximum Gasteiger partial charge on any atom is 0.165 e. The van der Waals surface area contributed by atoms with Gasteiger partial charge in [0.05, 0.1) is 20.3 Å². The van der Waals surface area contributed by atoms with Crippen LogP contribution in [0.25, 0.3) is 0 Å². The van der Waals surface area contributed by atoms with Crippen LogP contribution in [0, 0.1) is 12.7 Å². The number of rotatable bonds is 5. The van der Waals surface area contributed by atoms with Crippen molar-refractivity contribution in [3.63, 3.8) is 0 Å². The molecule has 1 N–H and O–H groups in total. The van der Waals surface area contributed by atoms with Gasteiger partial charge in [-0.3, -0.25) is 0 Å². The molecule has 0 spiro atoms. The number of ether oxygens (including phenoxy) is 2. The second-order valence-corrected chi connectivity index (χ2v) is 4.81. The number of aryl methyl sites for hydroxylation is 1. The predicted molar refractivity (Wildman–Crippen MR) is 81.6 cm³/mol. The Hall–Kier alpha value is -2.07. The van der Waals surface area contributed by atoms with E-state index in [9.17, 15) is 4.39 Å². The van der Waals surface area contributed by atoms with Crippen molar-refractivity contribution in [3.05, 3.63) is 58.9 Å². The molecule has 0 bridgehead atoms. The van der Waals surface area contributed by atoms with Gasteiger partial charge in [-0.25, -0.2) is 4.39 Å². The number of halogens is 1. The lowest BCUT2D eigenvalue weighted by Crippen LogP contribution is -2.19. The van der Waals surface area contributed by atoms with E-state index >= 15 is 0 Å². The Morgan fingerprint density at radius 2 is 1.81 bits per heavy atom. The molecule has 112 valence electrons.